The number of nitrogens with one attached hydrogen (secondary N) is 1. The van der Waals surface area contributed by atoms with Gasteiger partial charge in [-0.3, -0.25) is 4.79 Å². The Morgan fingerprint density at radius 2 is 1.96 bits per heavy atom. The second-order valence-corrected chi connectivity index (χ2v) is 5.49. The molecule has 0 spiro atoms. The average molecular weight is 327 g/mol. The average Bonchev–Trinajstić information content (AvgIpc) is 2.67. The number of methoxy groups -OCH3 is 1. The lowest BCUT2D eigenvalue weighted by molar-refractivity contribution is 0.0299. The number of hydrogen-bond donors (Lipinski definition) is 1. The molecule has 2 heterocycles. The number of aromatic nitrogens is 1. The van der Waals surface area contributed by atoms with Crippen LogP contribution in [0.3, 0.4) is 0 Å². The topological polar surface area (TPSA) is 63.7 Å². The number of carbonyl (C=O) groups is 1. The summed E-state index contributed by atoms with van der Waals surface area (Å²) in [5, 5.41) is 3.25. The fourth-order valence-electron chi connectivity index (χ4n) is 2.57. The summed E-state index contributed by atoms with van der Waals surface area (Å²) in [6.07, 6.45) is 0. The number of amides is 1. The van der Waals surface area contributed by atoms with Gasteiger partial charge in [-0.15, -0.1) is 0 Å². The van der Waals surface area contributed by atoms with Crippen LogP contribution in [0.4, 0.5) is 5.82 Å². The van der Waals surface area contributed by atoms with E-state index in [0.717, 1.165) is 5.56 Å². The minimum atomic E-state index is -0.0799. The second-order valence-electron chi connectivity index (χ2n) is 5.49. The van der Waals surface area contributed by atoms with E-state index in [4.69, 9.17) is 9.47 Å². The Labute approximate surface area is 141 Å². The number of carbonyl (C=O) groups excluding carboxylic acids is 1. The van der Waals surface area contributed by atoms with Crippen molar-refractivity contribution >= 4 is 11.7 Å². The molecule has 126 valence electrons. The van der Waals surface area contributed by atoms with Gasteiger partial charge in [0.1, 0.15) is 5.69 Å². The summed E-state index contributed by atoms with van der Waals surface area (Å²) in [4.78, 5) is 18.8. The Bertz CT molecular complexity index is 685. The van der Waals surface area contributed by atoms with E-state index in [9.17, 15) is 4.79 Å². The van der Waals surface area contributed by atoms with Gasteiger partial charge >= 0.3 is 0 Å². The smallest absolute Gasteiger partial charge is 0.272 e. The molecule has 6 heteroatoms. The van der Waals surface area contributed by atoms with Crippen LogP contribution in [-0.2, 0) is 11.3 Å². The zero-order valence-corrected chi connectivity index (χ0v) is 13.7. The molecular weight excluding hydrogens is 306 g/mol. The van der Waals surface area contributed by atoms with Gasteiger partial charge in [-0.2, -0.15) is 0 Å². The number of nitrogens with zero attached hydrogens (tertiary/aromatic N) is 2. The molecule has 24 heavy (non-hydrogen) atoms. The Morgan fingerprint density at radius 1 is 1.21 bits per heavy atom. The van der Waals surface area contributed by atoms with Crippen LogP contribution in [0.5, 0.6) is 5.75 Å². The molecule has 6 nitrogen and oxygen atoms in total. The number of benzene rings is 1. The zero-order valence-electron chi connectivity index (χ0n) is 13.7. The maximum Gasteiger partial charge on any atom is 0.272 e. The van der Waals surface area contributed by atoms with Gasteiger partial charge in [-0.25, -0.2) is 4.98 Å². The van der Waals surface area contributed by atoms with E-state index in [1.165, 1.54) is 0 Å². The van der Waals surface area contributed by atoms with E-state index in [1.807, 2.05) is 30.3 Å². The Balaban J connectivity index is 1.75. The molecule has 0 atom stereocenters. The van der Waals surface area contributed by atoms with Crippen molar-refractivity contribution in [2.45, 2.75) is 6.54 Å². The van der Waals surface area contributed by atoms with E-state index in [-0.39, 0.29) is 5.91 Å². The van der Waals surface area contributed by atoms with E-state index in [2.05, 4.69) is 10.3 Å². The van der Waals surface area contributed by atoms with Crippen LogP contribution in [0, 0.1) is 0 Å². The number of anilines is 1. The quantitative estimate of drug-likeness (QED) is 0.912. The predicted octanol–water partition coefficient (Wildman–Crippen LogP) is 2.17. The lowest BCUT2D eigenvalue weighted by Gasteiger charge is -2.26. The van der Waals surface area contributed by atoms with E-state index in [0.29, 0.717) is 50.1 Å². The fraction of sp³-hybridized carbons (Fsp3) is 0.333. The van der Waals surface area contributed by atoms with Crippen molar-refractivity contribution in [1.29, 1.82) is 0 Å². The highest BCUT2D eigenvalue weighted by Gasteiger charge is 2.20. The molecule has 0 bridgehead atoms. The third-order valence-corrected chi connectivity index (χ3v) is 3.90. The molecule has 0 radical (unpaired) electrons. The van der Waals surface area contributed by atoms with Gasteiger partial charge < -0.3 is 19.7 Å². The number of ether oxygens (including phenoxy) is 2. The van der Waals surface area contributed by atoms with Crippen molar-refractivity contribution < 1.29 is 14.3 Å². The predicted molar refractivity (Wildman–Crippen MR) is 91.3 cm³/mol. The third-order valence-electron chi connectivity index (χ3n) is 3.90. The van der Waals surface area contributed by atoms with Gasteiger partial charge in [0.25, 0.3) is 5.91 Å². The van der Waals surface area contributed by atoms with Crippen LogP contribution in [0.25, 0.3) is 0 Å². The van der Waals surface area contributed by atoms with Crippen LogP contribution >= 0.6 is 0 Å². The Kier molecular flexibility index (Phi) is 5.28. The first-order valence-electron chi connectivity index (χ1n) is 7.98. The normalized spacial score (nSPS) is 14.3. The summed E-state index contributed by atoms with van der Waals surface area (Å²) < 4.78 is 10.6. The van der Waals surface area contributed by atoms with Crippen LogP contribution in [-0.4, -0.2) is 49.2 Å². The minimum Gasteiger partial charge on any atom is -0.493 e. The monoisotopic (exact) mass is 327 g/mol. The molecule has 1 aromatic heterocycles. The first-order chi connectivity index (χ1) is 11.8. The molecule has 1 fully saturated rings. The second kappa shape index (κ2) is 7.79. The van der Waals surface area contributed by atoms with Gasteiger partial charge in [0.2, 0.25) is 0 Å². The number of hydrogen-bond acceptors (Lipinski definition) is 5. The van der Waals surface area contributed by atoms with Crippen LogP contribution in [0.1, 0.15) is 16.1 Å². The SMILES string of the molecule is COc1ccc(C(=O)N2CCOCC2)nc1NCc1ccccc1. The maximum atomic E-state index is 12.6. The molecule has 0 unspecified atom stereocenters. The molecule has 0 saturated carbocycles. The highest BCUT2D eigenvalue weighted by molar-refractivity contribution is 5.93. The van der Waals surface area contributed by atoms with Crippen LogP contribution < -0.4 is 10.1 Å². The molecule has 1 aromatic carbocycles. The van der Waals surface area contributed by atoms with Crippen molar-refractivity contribution in [3.8, 4) is 5.75 Å². The summed E-state index contributed by atoms with van der Waals surface area (Å²) in [5.41, 5.74) is 1.54. The zero-order chi connectivity index (χ0) is 16.8. The minimum absolute atomic E-state index is 0.0799. The molecule has 1 saturated heterocycles. The highest BCUT2D eigenvalue weighted by atomic mass is 16.5. The molecule has 1 aliphatic heterocycles. The summed E-state index contributed by atoms with van der Waals surface area (Å²) >= 11 is 0. The maximum absolute atomic E-state index is 12.6. The van der Waals surface area contributed by atoms with Gasteiger partial charge in [-0.05, 0) is 17.7 Å². The van der Waals surface area contributed by atoms with Crippen molar-refractivity contribution in [2.24, 2.45) is 0 Å². The first-order valence-corrected chi connectivity index (χ1v) is 7.98. The standard InChI is InChI=1S/C18H21N3O3/c1-23-16-8-7-15(18(22)21-9-11-24-12-10-21)20-17(16)19-13-14-5-3-2-4-6-14/h2-8H,9-13H2,1H3,(H,19,20). The van der Waals surface area contributed by atoms with Gasteiger partial charge in [0.05, 0.1) is 20.3 Å². The van der Waals surface area contributed by atoms with E-state index >= 15 is 0 Å². The summed E-state index contributed by atoms with van der Waals surface area (Å²) in [6.45, 7) is 2.94. The fourth-order valence-corrected chi connectivity index (χ4v) is 2.57. The largest absolute Gasteiger partial charge is 0.493 e. The summed E-state index contributed by atoms with van der Waals surface area (Å²) in [5.74, 6) is 1.11. The van der Waals surface area contributed by atoms with Crippen molar-refractivity contribution in [3.05, 3.63) is 53.7 Å². The molecule has 2 aromatic rings. The van der Waals surface area contributed by atoms with Gasteiger partial charge in [0.15, 0.2) is 11.6 Å². The van der Waals surface area contributed by atoms with Crippen LogP contribution in [0.15, 0.2) is 42.5 Å². The lowest BCUT2D eigenvalue weighted by atomic mass is 10.2. The Morgan fingerprint density at radius 3 is 2.67 bits per heavy atom. The summed E-state index contributed by atoms with van der Waals surface area (Å²) in [7, 11) is 1.59. The molecular formula is C18H21N3O3. The molecule has 3 rings (SSSR count). The number of rotatable bonds is 5. The van der Waals surface area contributed by atoms with E-state index in [1.54, 1.807) is 24.1 Å². The number of morpholine rings is 1. The van der Waals surface area contributed by atoms with Crippen LogP contribution in [0.2, 0.25) is 0 Å². The van der Waals surface area contributed by atoms with E-state index < -0.39 is 0 Å². The lowest BCUT2D eigenvalue weighted by Crippen LogP contribution is -2.41. The molecule has 0 aliphatic carbocycles. The summed E-state index contributed by atoms with van der Waals surface area (Å²) in [6, 6.07) is 13.5. The highest BCUT2D eigenvalue weighted by Crippen LogP contribution is 2.23. The first kappa shape index (κ1) is 16.3. The molecule has 1 N–H and O–H groups in total. The van der Waals surface area contributed by atoms with Crippen molar-refractivity contribution in [2.75, 3.05) is 38.7 Å². The molecule has 1 amide bonds. The third kappa shape index (κ3) is 3.83. The van der Waals surface area contributed by atoms with Gasteiger partial charge in [-0.1, -0.05) is 30.3 Å². The number of pyridine rings is 1. The Hall–Kier alpha value is -2.60. The van der Waals surface area contributed by atoms with Crippen molar-refractivity contribution in [3.63, 3.8) is 0 Å². The van der Waals surface area contributed by atoms with Gasteiger partial charge in [0, 0.05) is 19.6 Å². The molecule has 1 aliphatic rings. The van der Waals surface area contributed by atoms with Crippen molar-refractivity contribution in [1.82, 2.24) is 9.88 Å².